The summed E-state index contributed by atoms with van der Waals surface area (Å²) in [6.07, 6.45) is 5.45. The fourth-order valence-corrected chi connectivity index (χ4v) is 4.83. The van der Waals surface area contributed by atoms with Gasteiger partial charge in [0.25, 0.3) is 0 Å². The standard InChI is InChI=1S/C29H39FN6O3/c1-19(2)27(32)34-29(38)36-13-9-20(10-14-36)18-39-26-8-7-23(17-33-26)21-5-6-22(24(30)15-21)16-25(31)28(37)35-11-3-4-12-35/h5-8,15,17,19-20,25H,3-4,9-14,16,18,31H2,1-2H3,(H2,32,34,38). The van der Waals surface area contributed by atoms with Crippen molar-refractivity contribution in [2.75, 3.05) is 32.8 Å². The molecule has 9 nitrogen and oxygen atoms in total. The molecule has 2 fully saturated rings. The largest absolute Gasteiger partial charge is 0.477 e. The maximum atomic E-state index is 14.9. The molecule has 0 spiro atoms. The summed E-state index contributed by atoms with van der Waals surface area (Å²) in [5, 5.41) is 0. The van der Waals surface area contributed by atoms with Gasteiger partial charge in [0, 0.05) is 49.9 Å². The van der Waals surface area contributed by atoms with Crippen molar-refractivity contribution in [1.29, 1.82) is 0 Å². The van der Waals surface area contributed by atoms with E-state index >= 15 is 0 Å². The number of nitrogens with zero attached hydrogens (tertiary/aromatic N) is 4. The molecule has 0 radical (unpaired) electrons. The van der Waals surface area contributed by atoms with Gasteiger partial charge < -0.3 is 26.0 Å². The number of amidine groups is 1. The summed E-state index contributed by atoms with van der Waals surface area (Å²) < 4.78 is 20.7. The van der Waals surface area contributed by atoms with Gasteiger partial charge in [-0.05, 0) is 61.3 Å². The summed E-state index contributed by atoms with van der Waals surface area (Å²) in [4.78, 5) is 36.6. The average molecular weight is 539 g/mol. The van der Waals surface area contributed by atoms with E-state index in [9.17, 15) is 14.0 Å². The molecule has 2 aromatic rings. The zero-order valence-corrected chi connectivity index (χ0v) is 22.8. The van der Waals surface area contributed by atoms with Crippen LogP contribution in [0, 0.1) is 17.7 Å². The van der Waals surface area contributed by atoms with Crippen molar-refractivity contribution in [3.05, 3.63) is 47.9 Å². The van der Waals surface area contributed by atoms with Crippen LogP contribution in [-0.2, 0) is 11.2 Å². The number of carbonyl (C=O) groups is 2. The van der Waals surface area contributed by atoms with Gasteiger partial charge in [0.1, 0.15) is 11.7 Å². The first-order valence-electron chi connectivity index (χ1n) is 13.8. The third kappa shape index (κ3) is 7.53. The Morgan fingerprint density at radius 3 is 2.38 bits per heavy atom. The fourth-order valence-electron chi connectivity index (χ4n) is 4.83. The molecule has 4 rings (SSSR count). The predicted molar refractivity (Wildman–Crippen MR) is 149 cm³/mol. The van der Waals surface area contributed by atoms with Crippen LogP contribution in [0.15, 0.2) is 41.5 Å². The van der Waals surface area contributed by atoms with Gasteiger partial charge in [-0.25, -0.2) is 14.2 Å². The maximum Gasteiger partial charge on any atom is 0.345 e. The number of piperidine rings is 1. The number of amides is 3. The number of pyridine rings is 1. The highest BCUT2D eigenvalue weighted by Crippen LogP contribution is 2.25. The van der Waals surface area contributed by atoms with Crippen LogP contribution < -0.4 is 16.2 Å². The van der Waals surface area contributed by atoms with E-state index in [1.165, 1.54) is 6.07 Å². The third-order valence-corrected chi connectivity index (χ3v) is 7.47. The Morgan fingerprint density at radius 2 is 1.77 bits per heavy atom. The Bertz CT molecular complexity index is 1170. The number of aromatic nitrogens is 1. The molecule has 0 saturated carbocycles. The Labute approximate surface area is 229 Å². The van der Waals surface area contributed by atoms with Crippen molar-refractivity contribution >= 4 is 17.8 Å². The lowest BCUT2D eigenvalue weighted by molar-refractivity contribution is -0.131. The van der Waals surface area contributed by atoms with Crippen molar-refractivity contribution in [1.82, 2.24) is 14.8 Å². The second-order valence-electron chi connectivity index (χ2n) is 10.7. The van der Waals surface area contributed by atoms with E-state index in [0.717, 1.165) is 44.3 Å². The molecule has 0 aliphatic carbocycles. The number of benzene rings is 1. The highest BCUT2D eigenvalue weighted by atomic mass is 19.1. The predicted octanol–water partition coefficient (Wildman–Crippen LogP) is 3.60. The zero-order valence-electron chi connectivity index (χ0n) is 22.8. The van der Waals surface area contributed by atoms with Crippen LogP contribution in [-0.4, -0.2) is 71.4 Å². The van der Waals surface area contributed by atoms with Crippen molar-refractivity contribution in [3.8, 4) is 17.0 Å². The Balaban J connectivity index is 1.26. The molecular formula is C29H39FN6O3. The lowest BCUT2D eigenvalue weighted by atomic mass is 9.98. The zero-order chi connectivity index (χ0) is 27.9. The van der Waals surface area contributed by atoms with Crippen LogP contribution in [0.5, 0.6) is 5.88 Å². The van der Waals surface area contributed by atoms with Crippen LogP contribution in [0.4, 0.5) is 9.18 Å². The van der Waals surface area contributed by atoms with E-state index in [0.29, 0.717) is 48.5 Å². The quantitative estimate of drug-likeness (QED) is 0.391. The molecule has 4 N–H and O–H groups in total. The van der Waals surface area contributed by atoms with Gasteiger partial charge in [-0.2, -0.15) is 4.99 Å². The van der Waals surface area contributed by atoms with E-state index in [1.807, 2.05) is 26.0 Å². The SMILES string of the molecule is CC(C)C(N)=NC(=O)N1CCC(COc2ccc(-c3ccc(CC(N)C(=O)N4CCCC4)c(F)c3)cn2)CC1. The summed E-state index contributed by atoms with van der Waals surface area (Å²) in [6.45, 7) is 7.01. The number of nitrogens with two attached hydrogens (primary N) is 2. The second kappa shape index (κ2) is 13.0. The molecule has 2 saturated heterocycles. The molecule has 1 unspecified atom stereocenters. The van der Waals surface area contributed by atoms with Gasteiger partial charge in [0.2, 0.25) is 11.8 Å². The Morgan fingerprint density at radius 1 is 1.08 bits per heavy atom. The van der Waals surface area contributed by atoms with Crippen molar-refractivity contribution in [3.63, 3.8) is 0 Å². The number of hydrogen-bond acceptors (Lipinski definition) is 5. The van der Waals surface area contributed by atoms with Gasteiger partial charge in [0.05, 0.1) is 12.6 Å². The third-order valence-electron chi connectivity index (χ3n) is 7.47. The first kappa shape index (κ1) is 28.5. The minimum Gasteiger partial charge on any atom is -0.477 e. The van der Waals surface area contributed by atoms with E-state index in [2.05, 4.69) is 9.98 Å². The monoisotopic (exact) mass is 538 g/mol. The number of urea groups is 1. The van der Waals surface area contributed by atoms with Crippen molar-refractivity contribution in [2.45, 2.75) is 52.0 Å². The molecule has 2 aliphatic rings. The van der Waals surface area contributed by atoms with Crippen LogP contribution in [0.25, 0.3) is 11.1 Å². The number of hydrogen-bond donors (Lipinski definition) is 2. The summed E-state index contributed by atoms with van der Waals surface area (Å²) in [6, 6.07) is 7.55. The molecule has 39 heavy (non-hydrogen) atoms. The minimum atomic E-state index is -0.744. The van der Waals surface area contributed by atoms with E-state index in [-0.39, 0.29) is 30.1 Å². The maximum absolute atomic E-state index is 14.9. The minimum absolute atomic E-state index is 0.0394. The van der Waals surface area contributed by atoms with Crippen LogP contribution in [0.2, 0.25) is 0 Å². The van der Waals surface area contributed by atoms with Crippen LogP contribution >= 0.6 is 0 Å². The molecule has 0 bridgehead atoms. The molecule has 1 aromatic carbocycles. The number of rotatable bonds is 8. The molecule has 3 amide bonds. The van der Waals surface area contributed by atoms with Crippen LogP contribution in [0.1, 0.15) is 45.1 Å². The normalized spacial score (nSPS) is 17.5. The van der Waals surface area contributed by atoms with Crippen molar-refractivity contribution in [2.24, 2.45) is 28.3 Å². The highest BCUT2D eigenvalue weighted by molar-refractivity contribution is 5.93. The summed E-state index contributed by atoms with van der Waals surface area (Å²) in [7, 11) is 0. The first-order valence-corrected chi connectivity index (χ1v) is 13.8. The number of halogens is 1. The van der Waals surface area contributed by atoms with Gasteiger partial charge in [-0.1, -0.05) is 26.0 Å². The smallest absolute Gasteiger partial charge is 0.345 e. The van der Waals surface area contributed by atoms with Gasteiger partial charge in [0.15, 0.2) is 0 Å². The summed E-state index contributed by atoms with van der Waals surface area (Å²) >= 11 is 0. The molecule has 210 valence electrons. The molecule has 10 heteroatoms. The van der Waals surface area contributed by atoms with Crippen molar-refractivity contribution < 1.29 is 18.7 Å². The topological polar surface area (TPSA) is 127 Å². The molecule has 1 aromatic heterocycles. The molecular weight excluding hydrogens is 499 g/mol. The Hall–Kier alpha value is -3.53. The van der Waals surface area contributed by atoms with E-state index in [4.69, 9.17) is 16.2 Å². The van der Waals surface area contributed by atoms with Gasteiger partial charge in [-0.15, -0.1) is 0 Å². The number of aliphatic imine (C=N–C) groups is 1. The lowest BCUT2D eigenvalue weighted by Crippen LogP contribution is -2.43. The first-order chi connectivity index (χ1) is 18.7. The number of carbonyl (C=O) groups excluding carboxylic acids is 2. The number of likely N-dealkylation sites (tertiary alicyclic amines) is 2. The Kier molecular flexibility index (Phi) is 9.50. The average Bonchev–Trinajstić information content (AvgIpc) is 3.48. The van der Waals surface area contributed by atoms with E-state index in [1.54, 1.807) is 28.1 Å². The van der Waals surface area contributed by atoms with Gasteiger partial charge >= 0.3 is 6.03 Å². The second-order valence-corrected chi connectivity index (χ2v) is 10.7. The summed E-state index contributed by atoms with van der Waals surface area (Å²) in [5.41, 5.74) is 13.8. The molecule has 1 atom stereocenters. The lowest BCUT2D eigenvalue weighted by Gasteiger charge is -2.30. The van der Waals surface area contributed by atoms with Crippen LogP contribution in [0.3, 0.4) is 0 Å². The molecule has 3 heterocycles. The fraction of sp³-hybridized carbons (Fsp3) is 0.517. The molecule has 2 aliphatic heterocycles. The van der Waals surface area contributed by atoms with E-state index < -0.39 is 6.04 Å². The highest BCUT2D eigenvalue weighted by Gasteiger charge is 2.25. The van der Waals surface area contributed by atoms with Gasteiger partial charge in [-0.3, -0.25) is 4.79 Å². The summed E-state index contributed by atoms with van der Waals surface area (Å²) in [5.74, 6) is 0.697. The number of ether oxygens (including phenoxy) is 1.